The van der Waals surface area contributed by atoms with Crippen LogP contribution in [-0.2, 0) is 14.6 Å². The summed E-state index contributed by atoms with van der Waals surface area (Å²) in [6.45, 7) is 5.05. The van der Waals surface area contributed by atoms with Crippen molar-refractivity contribution in [3.05, 3.63) is 24.3 Å². The summed E-state index contributed by atoms with van der Waals surface area (Å²) >= 11 is 0. The molecule has 0 saturated heterocycles. The van der Waals surface area contributed by atoms with Gasteiger partial charge in [-0.2, -0.15) is 0 Å². The maximum Gasteiger partial charge on any atom is 0.180 e. The fourth-order valence-corrected chi connectivity index (χ4v) is 2.51. The molecule has 0 radical (unpaired) electrons. The molecular formula is C13H21NO3S. The highest BCUT2D eigenvalue weighted by Gasteiger charge is 2.13. The molecule has 1 aromatic rings. The summed E-state index contributed by atoms with van der Waals surface area (Å²) < 4.78 is 29.2. The largest absolute Gasteiger partial charge is 0.399 e. The Morgan fingerprint density at radius 3 is 2.33 bits per heavy atom. The molecule has 0 aliphatic rings. The summed E-state index contributed by atoms with van der Waals surface area (Å²) in [6, 6.07) is 6.23. The molecule has 0 unspecified atom stereocenters. The first-order chi connectivity index (χ1) is 8.42. The molecule has 1 rings (SSSR count). The van der Waals surface area contributed by atoms with Gasteiger partial charge in [-0.1, -0.05) is 13.8 Å². The summed E-state index contributed by atoms with van der Waals surface area (Å²) in [7, 11) is -3.26. The van der Waals surface area contributed by atoms with E-state index in [-0.39, 0.29) is 12.4 Å². The average molecular weight is 271 g/mol. The maximum atomic E-state index is 11.9. The Kier molecular flexibility index (Phi) is 5.62. The van der Waals surface area contributed by atoms with Gasteiger partial charge in [0.2, 0.25) is 0 Å². The third-order valence-corrected chi connectivity index (χ3v) is 4.27. The van der Waals surface area contributed by atoms with Crippen molar-refractivity contribution in [3.63, 3.8) is 0 Å². The number of ether oxygens (including phenoxy) is 1. The molecule has 102 valence electrons. The van der Waals surface area contributed by atoms with E-state index in [0.29, 0.717) is 23.1 Å². The molecular weight excluding hydrogens is 250 g/mol. The molecule has 2 N–H and O–H groups in total. The second-order valence-corrected chi connectivity index (χ2v) is 6.79. The van der Waals surface area contributed by atoms with Gasteiger partial charge in [-0.25, -0.2) is 8.42 Å². The van der Waals surface area contributed by atoms with Crippen LogP contribution in [0.2, 0.25) is 0 Å². The molecule has 0 fully saturated rings. The van der Waals surface area contributed by atoms with Gasteiger partial charge in [0, 0.05) is 12.3 Å². The smallest absolute Gasteiger partial charge is 0.180 e. The van der Waals surface area contributed by atoms with E-state index in [2.05, 4.69) is 13.8 Å². The Morgan fingerprint density at radius 2 is 1.78 bits per heavy atom. The van der Waals surface area contributed by atoms with Crippen LogP contribution < -0.4 is 5.73 Å². The van der Waals surface area contributed by atoms with E-state index in [9.17, 15) is 8.42 Å². The molecule has 0 aliphatic carbocycles. The molecule has 0 spiro atoms. The molecule has 18 heavy (non-hydrogen) atoms. The van der Waals surface area contributed by atoms with Crippen LogP contribution >= 0.6 is 0 Å². The molecule has 5 heteroatoms. The van der Waals surface area contributed by atoms with Crippen LogP contribution in [-0.4, -0.2) is 27.4 Å². The van der Waals surface area contributed by atoms with Crippen molar-refractivity contribution in [2.75, 3.05) is 24.7 Å². The van der Waals surface area contributed by atoms with Crippen molar-refractivity contribution in [2.24, 2.45) is 5.92 Å². The minimum absolute atomic E-state index is 0.00894. The molecule has 0 bridgehead atoms. The molecule has 0 saturated carbocycles. The molecule has 0 heterocycles. The number of hydrogen-bond acceptors (Lipinski definition) is 4. The minimum atomic E-state index is -3.26. The molecule has 0 aromatic heterocycles. The lowest BCUT2D eigenvalue weighted by Crippen LogP contribution is -2.13. The lowest BCUT2D eigenvalue weighted by molar-refractivity contribution is 0.137. The highest BCUT2D eigenvalue weighted by Crippen LogP contribution is 2.13. The van der Waals surface area contributed by atoms with Gasteiger partial charge < -0.3 is 10.5 Å². The van der Waals surface area contributed by atoms with E-state index in [1.54, 1.807) is 12.1 Å². The first-order valence-corrected chi connectivity index (χ1v) is 7.73. The van der Waals surface area contributed by atoms with E-state index in [0.717, 1.165) is 6.42 Å². The van der Waals surface area contributed by atoms with Crippen molar-refractivity contribution in [1.29, 1.82) is 0 Å². The van der Waals surface area contributed by atoms with E-state index < -0.39 is 9.84 Å². The first kappa shape index (κ1) is 15.0. The number of nitrogens with two attached hydrogens (primary N) is 1. The van der Waals surface area contributed by atoms with Gasteiger partial charge in [0.1, 0.15) is 0 Å². The van der Waals surface area contributed by atoms with Gasteiger partial charge in [0.25, 0.3) is 0 Å². The fraction of sp³-hybridized carbons (Fsp3) is 0.538. The van der Waals surface area contributed by atoms with Gasteiger partial charge in [-0.3, -0.25) is 0 Å². The molecule has 1 aromatic carbocycles. The quantitative estimate of drug-likeness (QED) is 0.609. The normalized spacial score (nSPS) is 11.9. The summed E-state index contributed by atoms with van der Waals surface area (Å²) in [4.78, 5) is 0.296. The Hall–Kier alpha value is -1.07. The SMILES string of the molecule is CC(C)CCOCCS(=O)(=O)c1ccc(N)cc1. The van der Waals surface area contributed by atoms with Gasteiger partial charge in [-0.05, 0) is 36.6 Å². The van der Waals surface area contributed by atoms with Crippen LogP contribution in [0.4, 0.5) is 5.69 Å². The number of sulfone groups is 1. The summed E-state index contributed by atoms with van der Waals surface area (Å²) in [5, 5.41) is 0. The van der Waals surface area contributed by atoms with Crippen molar-refractivity contribution >= 4 is 15.5 Å². The third kappa shape index (κ3) is 5.06. The van der Waals surface area contributed by atoms with E-state index in [4.69, 9.17) is 10.5 Å². The number of rotatable bonds is 7. The highest BCUT2D eigenvalue weighted by molar-refractivity contribution is 7.91. The van der Waals surface area contributed by atoms with E-state index in [1.165, 1.54) is 12.1 Å². The number of anilines is 1. The third-order valence-electron chi connectivity index (χ3n) is 2.58. The van der Waals surface area contributed by atoms with Gasteiger partial charge in [-0.15, -0.1) is 0 Å². The average Bonchev–Trinajstić information content (AvgIpc) is 2.28. The topological polar surface area (TPSA) is 69.4 Å². The Labute approximate surface area is 109 Å². The van der Waals surface area contributed by atoms with Crippen LogP contribution in [0, 0.1) is 5.92 Å². The molecule has 0 aliphatic heterocycles. The summed E-state index contributed by atoms with van der Waals surface area (Å²) in [5.41, 5.74) is 6.08. The van der Waals surface area contributed by atoms with Gasteiger partial charge >= 0.3 is 0 Å². The van der Waals surface area contributed by atoms with Crippen LogP contribution in [0.5, 0.6) is 0 Å². The number of nitrogen functional groups attached to an aromatic ring is 1. The zero-order valence-corrected chi connectivity index (χ0v) is 11.7. The Bertz CT molecular complexity index is 452. The molecule has 0 atom stereocenters. The lowest BCUT2D eigenvalue weighted by atomic mass is 10.1. The van der Waals surface area contributed by atoms with Crippen molar-refractivity contribution in [1.82, 2.24) is 0 Å². The maximum absolute atomic E-state index is 11.9. The predicted molar refractivity (Wildman–Crippen MR) is 73.2 cm³/mol. The van der Waals surface area contributed by atoms with E-state index in [1.807, 2.05) is 0 Å². The standard InChI is InChI=1S/C13H21NO3S/c1-11(2)7-8-17-9-10-18(15,16)13-5-3-12(14)4-6-13/h3-6,11H,7-10,14H2,1-2H3. The Morgan fingerprint density at radius 1 is 1.17 bits per heavy atom. The van der Waals surface area contributed by atoms with Crippen molar-refractivity contribution < 1.29 is 13.2 Å². The van der Waals surface area contributed by atoms with Crippen LogP contribution in [0.25, 0.3) is 0 Å². The van der Waals surface area contributed by atoms with Crippen LogP contribution in [0.15, 0.2) is 29.2 Å². The monoisotopic (exact) mass is 271 g/mol. The first-order valence-electron chi connectivity index (χ1n) is 6.08. The number of benzene rings is 1. The molecule has 4 nitrogen and oxygen atoms in total. The Balaban J connectivity index is 2.43. The molecule has 0 amide bonds. The van der Waals surface area contributed by atoms with Crippen molar-refractivity contribution in [3.8, 4) is 0 Å². The lowest BCUT2D eigenvalue weighted by Gasteiger charge is -2.07. The zero-order valence-electron chi connectivity index (χ0n) is 10.9. The zero-order chi connectivity index (χ0) is 13.6. The van der Waals surface area contributed by atoms with Gasteiger partial charge in [0.05, 0.1) is 17.3 Å². The summed E-state index contributed by atoms with van der Waals surface area (Å²) in [5.74, 6) is 0.577. The number of hydrogen-bond donors (Lipinski definition) is 1. The highest BCUT2D eigenvalue weighted by atomic mass is 32.2. The van der Waals surface area contributed by atoms with E-state index >= 15 is 0 Å². The van der Waals surface area contributed by atoms with Gasteiger partial charge in [0.15, 0.2) is 9.84 Å². The fourth-order valence-electron chi connectivity index (χ4n) is 1.38. The minimum Gasteiger partial charge on any atom is -0.399 e. The van der Waals surface area contributed by atoms with Crippen LogP contribution in [0.1, 0.15) is 20.3 Å². The second-order valence-electron chi connectivity index (χ2n) is 4.68. The van der Waals surface area contributed by atoms with Crippen LogP contribution in [0.3, 0.4) is 0 Å². The van der Waals surface area contributed by atoms with Crippen molar-refractivity contribution in [2.45, 2.75) is 25.2 Å². The second kappa shape index (κ2) is 6.75. The predicted octanol–water partition coefficient (Wildman–Crippen LogP) is 2.11. The summed E-state index contributed by atoms with van der Waals surface area (Å²) in [6.07, 6.45) is 0.946.